The van der Waals surface area contributed by atoms with Crippen LogP contribution < -0.4 is 10.9 Å². The number of rotatable bonds is 5. The zero-order chi connectivity index (χ0) is 17.8. The molecule has 0 fully saturated rings. The number of hydrogen-bond donors (Lipinski definition) is 1. The van der Waals surface area contributed by atoms with E-state index >= 15 is 0 Å². The normalized spacial score (nSPS) is 10.8. The van der Waals surface area contributed by atoms with Crippen LogP contribution in [0.15, 0.2) is 83.8 Å². The minimum absolute atomic E-state index is 0.137. The first kappa shape index (κ1) is 16.0. The van der Waals surface area contributed by atoms with E-state index in [9.17, 15) is 4.79 Å². The van der Waals surface area contributed by atoms with Gasteiger partial charge in [0.2, 0.25) is 0 Å². The highest BCUT2D eigenvalue weighted by Crippen LogP contribution is 2.16. The Morgan fingerprint density at radius 2 is 1.54 bits per heavy atom. The lowest BCUT2D eigenvalue weighted by Crippen LogP contribution is -2.25. The van der Waals surface area contributed by atoms with E-state index in [1.165, 1.54) is 4.68 Å². The van der Waals surface area contributed by atoms with E-state index in [-0.39, 0.29) is 5.56 Å². The zero-order valence-corrected chi connectivity index (χ0v) is 14.2. The van der Waals surface area contributed by atoms with Crippen molar-refractivity contribution in [2.75, 3.05) is 5.32 Å². The molecule has 26 heavy (non-hydrogen) atoms. The van der Waals surface area contributed by atoms with Crippen molar-refractivity contribution in [2.24, 2.45) is 0 Å². The van der Waals surface area contributed by atoms with E-state index in [1.54, 1.807) is 18.3 Å². The van der Waals surface area contributed by atoms with Crippen molar-refractivity contribution in [3.63, 3.8) is 0 Å². The van der Waals surface area contributed by atoms with Crippen LogP contribution in [-0.4, -0.2) is 14.8 Å². The van der Waals surface area contributed by atoms with Gasteiger partial charge in [0.25, 0.3) is 5.56 Å². The summed E-state index contributed by atoms with van der Waals surface area (Å²) >= 11 is 0. The molecule has 0 aliphatic heterocycles. The first-order valence-corrected chi connectivity index (χ1v) is 8.49. The van der Waals surface area contributed by atoms with Crippen molar-refractivity contribution in [3.05, 3.63) is 100 Å². The van der Waals surface area contributed by atoms with E-state index in [0.717, 1.165) is 11.1 Å². The fourth-order valence-corrected chi connectivity index (χ4v) is 2.88. The second-order valence-electron chi connectivity index (χ2n) is 6.04. The molecule has 2 heterocycles. The lowest BCUT2D eigenvalue weighted by molar-refractivity contribution is 0.649. The van der Waals surface area contributed by atoms with Crippen LogP contribution in [0.3, 0.4) is 0 Å². The average Bonchev–Trinajstić information content (AvgIpc) is 2.71. The number of nitrogens with zero attached hydrogens (tertiary/aromatic N) is 3. The van der Waals surface area contributed by atoms with Gasteiger partial charge in [-0.3, -0.25) is 9.78 Å². The fourth-order valence-electron chi connectivity index (χ4n) is 2.88. The van der Waals surface area contributed by atoms with Crippen LogP contribution in [0.2, 0.25) is 0 Å². The van der Waals surface area contributed by atoms with Gasteiger partial charge in [-0.25, -0.2) is 4.68 Å². The Balaban J connectivity index is 1.73. The smallest absolute Gasteiger partial charge is 0.276 e. The fraction of sp³-hybridized carbons (Fsp3) is 0.0952. The first-order chi connectivity index (χ1) is 12.8. The van der Waals surface area contributed by atoms with Crippen molar-refractivity contribution < 1.29 is 0 Å². The summed E-state index contributed by atoms with van der Waals surface area (Å²) in [6.07, 6.45) is 1.68. The molecule has 0 saturated heterocycles. The lowest BCUT2D eigenvalue weighted by Gasteiger charge is -2.12. The van der Waals surface area contributed by atoms with Gasteiger partial charge in [-0.05, 0) is 23.3 Å². The monoisotopic (exact) mass is 342 g/mol. The molecule has 0 atom stereocenters. The summed E-state index contributed by atoms with van der Waals surface area (Å²) in [5.74, 6) is 0.611. The SMILES string of the molecule is O=c1c2cccnc2c(NCc2ccccc2)nn1Cc1ccccc1. The van der Waals surface area contributed by atoms with Gasteiger partial charge in [-0.15, -0.1) is 5.10 Å². The Bertz CT molecular complexity index is 1080. The van der Waals surface area contributed by atoms with E-state index in [4.69, 9.17) is 0 Å². The maximum absolute atomic E-state index is 12.8. The highest BCUT2D eigenvalue weighted by atomic mass is 16.1. The average molecular weight is 342 g/mol. The van der Waals surface area contributed by atoms with Gasteiger partial charge in [-0.1, -0.05) is 60.7 Å². The van der Waals surface area contributed by atoms with Crippen LogP contribution in [0.1, 0.15) is 11.1 Å². The highest BCUT2D eigenvalue weighted by Gasteiger charge is 2.11. The standard InChI is InChI=1S/C21H18N4O/c26-21-18-12-7-13-22-19(18)20(23-14-16-8-3-1-4-9-16)24-25(21)15-17-10-5-2-6-11-17/h1-13H,14-15H2,(H,23,24). The number of pyridine rings is 1. The highest BCUT2D eigenvalue weighted by molar-refractivity contribution is 5.86. The largest absolute Gasteiger partial charge is 0.363 e. The maximum Gasteiger partial charge on any atom is 0.276 e. The predicted octanol–water partition coefficient (Wildman–Crippen LogP) is 3.45. The Kier molecular flexibility index (Phi) is 4.43. The summed E-state index contributed by atoms with van der Waals surface area (Å²) < 4.78 is 1.49. The van der Waals surface area contributed by atoms with Crippen LogP contribution >= 0.6 is 0 Å². The molecule has 0 unspecified atom stereocenters. The van der Waals surface area contributed by atoms with Gasteiger partial charge in [0, 0.05) is 12.7 Å². The molecular weight excluding hydrogens is 324 g/mol. The minimum atomic E-state index is -0.137. The first-order valence-electron chi connectivity index (χ1n) is 8.49. The van der Waals surface area contributed by atoms with Gasteiger partial charge in [-0.2, -0.15) is 0 Å². The van der Waals surface area contributed by atoms with Gasteiger partial charge >= 0.3 is 0 Å². The number of aromatic nitrogens is 3. The summed E-state index contributed by atoms with van der Waals surface area (Å²) in [7, 11) is 0. The summed E-state index contributed by atoms with van der Waals surface area (Å²) in [4.78, 5) is 17.2. The summed E-state index contributed by atoms with van der Waals surface area (Å²) in [5, 5.41) is 8.43. The third-order valence-electron chi connectivity index (χ3n) is 4.20. The van der Waals surface area contributed by atoms with Gasteiger partial charge in [0.05, 0.1) is 11.9 Å². The minimum Gasteiger partial charge on any atom is -0.363 e. The van der Waals surface area contributed by atoms with Crippen LogP contribution in [0.4, 0.5) is 5.82 Å². The molecule has 0 aliphatic rings. The Morgan fingerprint density at radius 1 is 0.846 bits per heavy atom. The molecule has 0 bridgehead atoms. The van der Waals surface area contributed by atoms with Crippen molar-refractivity contribution in [1.82, 2.24) is 14.8 Å². The number of fused-ring (bicyclic) bond motifs is 1. The van der Waals surface area contributed by atoms with Crippen molar-refractivity contribution >= 4 is 16.7 Å². The van der Waals surface area contributed by atoms with Crippen LogP contribution in [0.25, 0.3) is 10.9 Å². The molecule has 5 heteroatoms. The molecule has 128 valence electrons. The summed E-state index contributed by atoms with van der Waals surface area (Å²) in [5.41, 5.74) is 2.62. The maximum atomic E-state index is 12.8. The Hall–Kier alpha value is -3.47. The van der Waals surface area contributed by atoms with Crippen LogP contribution in [0, 0.1) is 0 Å². The molecule has 4 rings (SSSR count). The van der Waals surface area contributed by atoms with Crippen molar-refractivity contribution in [1.29, 1.82) is 0 Å². The van der Waals surface area contributed by atoms with E-state index in [0.29, 0.717) is 29.8 Å². The van der Waals surface area contributed by atoms with Gasteiger partial charge in [0.1, 0.15) is 5.52 Å². The number of benzene rings is 2. The predicted molar refractivity (Wildman–Crippen MR) is 103 cm³/mol. The molecule has 0 amide bonds. The topological polar surface area (TPSA) is 59.8 Å². The third-order valence-corrected chi connectivity index (χ3v) is 4.20. The van der Waals surface area contributed by atoms with E-state index < -0.39 is 0 Å². The van der Waals surface area contributed by atoms with Crippen molar-refractivity contribution in [3.8, 4) is 0 Å². The van der Waals surface area contributed by atoms with Crippen molar-refractivity contribution in [2.45, 2.75) is 13.1 Å². The number of hydrogen-bond acceptors (Lipinski definition) is 4. The number of nitrogens with one attached hydrogen (secondary N) is 1. The quantitative estimate of drug-likeness (QED) is 0.603. The van der Waals surface area contributed by atoms with Gasteiger partial charge < -0.3 is 5.32 Å². The second-order valence-corrected chi connectivity index (χ2v) is 6.04. The molecule has 0 radical (unpaired) electrons. The van der Waals surface area contributed by atoms with E-state index in [2.05, 4.69) is 15.4 Å². The lowest BCUT2D eigenvalue weighted by atomic mass is 10.2. The van der Waals surface area contributed by atoms with E-state index in [1.807, 2.05) is 60.7 Å². The molecule has 0 spiro atoms. The van der Waals surface area contributed by atoms with Crippen LogP contribution in [0.5, 0.6) is 0 Å². The molecule has 2 aromatic heterocycles. The summed E-state index contributed by atoms with van der Waals surface area (Å²) in [6.45, 7) is 1.04. The molecule has 4 aromatic rings. The molecule has 2 aromatic carbocycles. The third kappa shape index (κ3) is 3.32. The molecule has 5 nitrogen and oxygen atoms in total. The molecule has 0 saturated carbocycles. The molecular formula is C21H18N4O. The van der Waals surface area contributed by atoms with Crippen LogP contribution in [-0.2, 0) is 13.1 Å². The second kappa shape index (κ2) is 7.19. The molecule has 1 N–H and O–H groups in total. The molecule has 0 aliphatic carbocycles. The number of anilines is 1. The summed E-state index contributed by atoms with van der Waals surface area (Å²) in [6, 6.07) is 23.5. The Labute approximate surface area is 151 Å². The van der Waals surface area contributed by atoms with Gasteiger partial charge in [0.15, 0.2) is 5.82 Å². The Morgan fingerprint density at radius 3 is 2.27 bits per heavy atom. The zero-order valence-electron chi connectivity index (χ0n) is 14.2.